The average Bonchev–Trinajstić information content (AvgIpc) is 2.69. The third-order valence-electron chi connectivity index (χ3n) is 3.15. The molecule has 0 aromatic rings. The maximum Gasteiger partial charge on any atom is 0.319 e. The number of carboxylic acid groups (broad SMARTS) is 1. The molecule has 0 spiro atoms. The minimum atomic E-state index is -1.24. The van der Waals surface area contributed by atoms with Crippen LogP contribution in [0.2, 0.25) is 0 Å². The van der Waals surface area contributed by atoms with Crippen molar-refractivity contribution in [3.05, 3.63) is 0 Å². The van der Waals surface area contributed by atoms with Crippen molar-refractivity contribution in [2.24, 2.45) is 5.92 Å². The Morgan fingerprint density at radius 1 is 1.35 bits per heavy atom. The summed E-state index contributed by atoms with van der Waals surface area (Å²) in [6, 6.07) is 0. The third kappa shape index (κ3) is 4.76. The van der Waals surface area contributed by atoms with E-state index in [1.54, 1.807) is 0 Å². The Bertz CT molecular complexity index is 275. The van der Waals surface area contributed by atoms with Gasteiger partial charge in [0.05, 0.1) is 0 Å². The van der Waals surface area contributed by atoms with Crippen molar-refractivity contribution >= 4 is 16.8 Å². The number of hydrogen-bond acceptors (Lipinski definition) is 3. The van der Waals surface area contributed by atoms with E-state index in [1.165, 1.54) is 12.8 Å². The Balaban J connectivity index is 2.29. The zero-order chi connectivity index (χ0) is 12.8. The second-order valence-corrected chi connectivity index (χ2v) is 6.67. The molecule has 0 bridgehead atoms. The van der Waals surface area contributed by atoms with E-state index in [2.05, 4.69) is 4.90 Å². The van der Waals surface area contributed by atoms with Crippen LogP contribution in [0, 0.1) is 5.92 Å². The molecule has 1 aliphatic heterocycles. The Morgan fingerprint density at radius 3 is 2.41 bits per heavy atom. The van der Waals surface area contributed by atoms with Gasteiger partial charge >= 0.3 is 5.97 Å². The molecule has 1 N–H and O–H groups in total. The minimum absolute atomic E-state index is 0.0693. The Labute approximate surface area is 106 Å². The van der Waals surface area contributed by atoms with E-state index in [-0.39, 0.29) is 5.92 Å². The van der Waals surface area contributed by atoms with E-state index in [1.807, 2.05) is 13.8 Å². The summed E-state index contributed by atoms with van der Waals surface area (Å²) in [5.74, 6) is -0.495. The smallest absolute Gasteiger partial charge is 0.319 e. The lowest BCUT2D eigenvalue weighted by molar-refractivity contribution is -0.137. The third-order valence-corrected chi connectivity index (χ3v) is 5.15. The molecule has 5 heteroatoms. The van der Waals surface area contributed by atoms with Crippen LogP contribution in [0.1, 0.15) is 33.1 Å². The summed E-state index contributed by atoms with van der Waals surface area (Å²) in [5, 5.41) is 8.31. The van der Waals surface area contributed by atoms with E-state index in [4.69, 9.17) is 5.11 Å². The first kappa shape index (κ1) is 14.6. The van der Waals surface area contributed by atoms with Gasteiger partial charge in [0.1, 0.15) is 5.25 Å². The lowest BCUT2D eigenvalue weighted by Crippen LogP contribution is -2.33. The fourth-order valence-corrected chi connectivity index (χ4v) is 3.76. The van der Waals surface area contributed by atoms with Crippen molar-refractivity contribution < 1.29 is 14.1 Å². The first-order valence-corrected chi connectivity index (χ1v) is 7.73. The quantitative estimate of drug-likeness (QED) is 0.751. The van der Waals surface area contributed by atoms with Gasteiger partial charge < -0.3 is 10.0 Å². The highest BCUT2D eigenvalue weighted by atomic mass is 32.2. The second-order valence-electron chi connectivity index (χ2n) is 4.99. The zero-order valence-electron chi connectivity index (χ0n) is 10.7. The minimum Gasteiger partial charge on any atom is -0.480 e. The fraction of sp³-hybridized carbons (Fsp3) is 0.917. The van der Waals surface area contributed by atoms with Crippen LogP contribution >= 0.6 is 0 Å². The van der Waals surface area contributed by atoms with E-state index in [0.717, 1.165) is 26.1 Å². The summed E-state index contributed by atoms with van der Waals surface area (Å²) in [5.41, 5.74) is 0. The summed E-state index contributed by atoms with van der Waals surface area (Å²) in [6.07, 6.45) is 3.35. The van der Waals surface area contributed by atoms with Gasteiger partial charge in [-0.2, -0.15) is 0 Å². The molecule has 100 valence electrons. The van der Waals surface area contributed by atoms with Gasteiger partial charge in [0.15, 0.2) is 0 Å². The number of hydrogen-bond donors (Lipinski definition) is 1. The Hall–Kier alpha value is -0.420. The van der Waals surface area contributed by atoms with Crippen molar-refractivity contribution in [2.75, 3.05) is 25.4 Å². The SMILES string of the molecule is CC(C)C(C(=O)O)S(=O)CCCN1CCCC1. The van der Waals surface area contributed by atoms with Gasteiger partial charge in [0, 0.05) is 16.6 Å². The molecule has 1 heterocycles. The summed E-state index contributed by atoms with van der Waals surface area (Å²) in [4.78, 5) is 13.4. The van der Waals surface area contributed by atoms with Crippen molar-refractivity contribution in [3.63, 3.8) is 0 Å². The number of carboxylic acids is 1. The highest BCUT2D eigenvalue weighted by Crippen LogP contribution is 2.12. The number of likely N-dealkylation sites (tertiary alicyclic amines) is 1. The summed E-state index contributed by atoms with van der Waals surface area (Å²) >= 11 is 0. The lowest BCUT2D eigenvalue weighted by Gasteiger charge is -2.17. The van der Waals surface area contributed by atoms with Crippen LogP contribution < -0.4 is 0 Å². The lowest BCUT2D eigenvalue weighted by atomic mass is 10.1. The van der Waals surface area contributed by atoms with E-state index < -0.39 is 22.0 Å². The molecule has 4 nitrogen and oxygen atoms in total. The highest BCUT2D eigenvalue weighted by Gasteiger charge is 2.27. The van der Waals surface area contributed by atoms with Crippen LogP contribution in [0.5, 0.6) is 0 Å². The number of carbonyl (C=O) groups is 1. The van der Waals surface area contributed by atoms with Gasteiger partial charge in [0.2, 0.25) is 0 Å². The monoisotopic (exact) mass is 261 g/mol. The maximum atomic E-state index is 11.9. The van der Waals surface area contributed by atoms with Crippen LogP contribution in [0.15, 0.2) is 0 Å². The predicted octanol–water partition coefficient (Wildman–Crippen LogP) is 1.33. The zero-order valence-corrected chi connectivity index (χ0v) is 11.5. The summed E-state index contributed by atoms with van der Waals surface area (Å²) < 4.78 is 11.9. The molecule has 0 aromatic heterocycles. The molecule has 2 atom stereocenters. The number of rotatable bonds is 7. The summed E-state index contributed by atoms with van der Waals surface area (Å²) in [6.45, 7) is 6.86. The van der Waals surface area contributed by atoms with Crippen LogP contribution in [0.4, 0.5) is 0 Å². The van der Waals surface area contributed by atoms with Gasteiger partial charge in [-0.05, 0) is 44.8 Å². The molecule has 2 unspecified atom stereocenters. The van der Waals surface area contributed by atoms with Gasteiger partial charge in [-0.25, -0.2) is 0 Å². The van der Waals surface area contributed by atoms with Crippen molar-refractivity contribution in [1.82, 2.24) is 4.90 Å². The molecule has 0 saturated carbocycles. The van der Waals surface area contributed by atoms with Gasteiger partial charge in [0.25, 0.3) is 0 Å². The molecule has 17 heavy (non-hydrogen) atoms. The Kier molecular flexibility index (Phi) is 6.12. The molecule has 0 aliphatic carbocycles. The molecule has 1 aliphatic rings. The summed E-state index contributed by atoms with van der Waals surface area (Å²) in [7, 11) is -1.24. The molecule has 1 fully saturated rings. The molecular weight excluding hydrogens is 238 g/mol. The van der Waals surface area contributed by atoms with Crippen molar-refractivity contribution in [1.29, 1.82) is 0 Å². The predicted molar refractivity (Wildman–Crippen MR) is 69.6 cm³/mol. The Morgan fingerprint density at radius 2 is 1.94 bits per heavy atom. The number of nitrogens with zero attached hydrogens (tertiary/aromatic N) is 1. The standard InChI is InChI=1S/C12H23NO3S/c1-10(2)11(12(14)15)17(16)9-5-8-13-6-3-4-7-13/h10-11H,3-9H2,1-2H3,(H,14,15). The van der Waals surface area contributed by atoms with E-state index in [9.17, 15) is 9.00 Å². The van der Waals surface area contributed by atoms with E-state index in [0.29, 0.717) is 5.75 Å². The van der Waals surface area contributed by atoms with Gasteiger partial charge in [-0.15, -0.1) is 0 Å². The van der Waals surface area contributed by atoms with Crippen LogP contribution in [0.3, 0.4) is 0 Å². The van der Waals surface area contributed by atoms with Crippen molar-refractivity contribution in [2.45, 2.75) is 38.4 Å². The van der Waals surface area contributed by atoms with Crippen molar-refractivity contribution in [3.8, 4) is 0 Å². The average molecular weight is 261 g/mol. The van der Waals surface area contributed by atoms with Gasteiger partial charge in [-0.1, -0.05) is 13.8 Å². The topological polar surface area (TPSA) is 57.6 Å². The highest BCUT2D eigenvalue weighted by molar-refractivity contribution is 7.86. The molecule has 0 radical (unpaired) electrons. The maximum absolute atomic E-state index is 11.9. The largest absolute Gasteiger partial charge is 0.480 e. The fourth-order valence-electron chi connectivity index (χ4n) is 2.26. The number of aliphatic carboxylic acids is 1. The second kappa shape index (κ2) is 7.11. The normalized spacial score (nSPS) is 20.6. The van der Waals surface area contributed by atoms with Crippen LogP contribution in [-0.4, -0.2) is 50.8 Å². The molecule has 1 saturated heterocycles. The molecular formula is C12H23NO3S. The molecule has 0 amide bonds. The van der Waals surface area contributed by atoms with Crippen LogP contribution in [-0.2, 0) is 15.6 Å². The van der Waals surface area contributed by atoms with E-state index >= 15 is 0 Å². The van der Waals surface area contributed by atoms with Crippen LogP contribution in [0.25, 0.3) is 0 Å². The van der Waals surface area contributed by atoms with Gasteiger partial charge in [-0.3, -0.25) is 9.00 Å². The first-order valence-electron chi connectivity index (χ1n) is 6.34. The molecule has 0 aromatic carbocycles. The first-order chi connectivity index (χ1) is 8.02. The molecule has 1 rings (SSSR count).